The van der Waals surface area contributed by atoms with E-state index in [4.69, 9.17) is 17.3 Å². The number of hydrogen-bond donors (Lipinski definition) is 4. The molecule has 1 amide bonds. The highest BCUT2D eigenvalue weighted by Gasteiger charge is 2.21. The SMILES string of the molecule is Cn1ccc(Nc2cc(N[C@H]3CC[C@H](N)CC3)nn3c(C(=O)Nc4ccnc(Cl)c4)cnc23)n1. The van der Waals surface area contributed by atoms with Crippen LogP contribution in [0.2, 0.25) is 5.15 Å². The van der Waals surface area contributed by atoms with Crippen molar-refractivity contribution in [1.82, 2.24) is 29.4 Å². The summed E-state index contributed by atoms with van der Waals surface area (Å²) in [4.78, 5) is 21.5. The molecule has 4 aromatic heterocycles. The number of nitrogens with one attached hydrogen (secondary N) is 3. The van der Waals surface area contributed by atoms with Gasteiger partial charge in [-0.1, -0.05) is 11.6 Å². The first-order valence-electron chi connectivity index (χ1n) is 11.0. The van der Waals surface area contributed by atoms with Crippen LogP contribution < -0.4 is 21.7 Å². The second kappa shape index (κ2) is 9.27. The molecule has 1 saturated carbocycles. The van der Waals surface area contributed by atoms with Crippen molar-refractivity contribution >= 4 is 46.2 Å². The van der Waals surface area contributed by atoms with Gasteiger partial charge >= 0.3 is 0 Å². The van der Waals surface area contributed by atoms with E-state index >= 15 is 0 Å². The number of hydrogen-bond acceptors (Lipinski definition) is 8. The largest absolute Gasteiger partial charge is 0.366 e. The van der Waals surface area contributed by atoms with Crippen LogP contribution in [0.1, 0.15) is 36.2 Å². The molecule has 5 N–H and O–H groups in total. The summed E-state index contributed by atoms with van der Waals surface area (Å²) in [6.45, 7) is 0. The van der Waals surface area contributed by atoms with Gasteiger partial charge in [-0.25, -0.2) is 14.5 Å². The lowest BCUT2D eigenvalue weighted by atomic mass is 9.92. The highest BCUT2D eigenvalue weighted by molar-refractivity contribution is 6.29. The highest BCUT2D eigenvalue weighted by atomic mass is 35.5. The summed E-state index contributed by atoms with van der Waals surface area (Å²) in [6, 6.07) is 7.49. The van der Waals surface area contributed by atoms with Crippen LogP contribution >= 0.6 is 11.6 Å². The number of rotatable bonds is 6. The number of aryl methyl sites for hydroxylation is 1. The molecule has 1 aliphatic carbocycles. The quantitative estimate of drug-likeness (QED) is 0.308. The molecule has 4 aromatic rings. The molecule has 0 radical (unpaired) electrons. The van der Waals surface area contributed by atoms with Crippen molar-refractivity contribution in [3.8, 4) is 0 Å². The summed E-state index contributed by atoms with van der Waals surface area (Å²) in [7, 11) is 1.84. The molecule has 0 bridgehead atoms. The first-order chi connectivity index (χ1) is 16.4. The number of anilines is 4. The van der Waals surface area contributed by atoms with Crippen LogP contribution in [-0.2, 0) is 7.05 Å². The van der Waals surface area contributed by atoms with E-state index in [0.717, 1.165) is 25.7 Å². The standard InChI is InChI=1S/C22H25ClN10O/c1-32-9-7-19(30-32)29-16-11-20(27-14-4-2-13(24)3-5-14)31-33-17(12-26-21(16)33)22(34)28-15-6-8-25-18(23)10-15/h6-14H,2-5,24H2,1H3,(H,27,31)(H,29,30)(H,25,28,34)/t13-,14-. The number of carbonyl (C=O) groups is 1. The van der Waals surface area contributed by atoms with E-state index in [9.17, 15) is 4.79 Å². The van der Waals surface area contributed by atoms with Crippen molar-refractivity contribution in [2.45, 2.75) is 37.8 Å². The first-order valence-corrected chi connectivity index (χ1v) is 11.4. The molecule has 1 aliphatic rings. The third kappa shape index (κ3) is 4.80. The molecule has 34 heavy (non-hydrogen) atoms. The van der Waals surface area contributed by atoms with E-state index in [0.29, 0.717) is 28.7 Å². The van der Waals surface area contributed by atoms with Crippen LogP contribution in [0.15, 0.2) is 42.9 Å². The minimum Gasteiger partial charge on any atom is -0.366 e. The molecule has 0 atom stereocenters. The number of halogens is 1. The molecule has 4 heterocycles. The predicted octanol–water partition coefficient (Wildman–Crippen LogP) is 3.19. The van der Waals surface area contributed by atoms with Gasteiger partial charge in [0.15, 0.2) is 17.2 Å². The van der Waals surface area contributed by atoms with Crippen LogP contribution in [0.3, 0.4) is 0 Å². The molecule has 1 fully saturated rings. The maximum absolute atomic E-state index is 13.1. The normalized spacial score (nSPS) is 18.1. The monoisotopic (exact) mass is 480 g/mol. The third-order valence-electron chi connectivity index (χ3n) is 5.78. The summed E-state index contributed by atoms with van der Waals surface area (Å²) < 4.78 is 3.23. The number of nitrogens with zero attached hydrogens (tertiary/aromatic N) is 6. The fraction of sp³-hybridized carbons (Fsp3) is 0.318. The van der Waals surface area contributed by atoms with Gasteiger partial charge in [-0.2, -0.15) is 5.10 Å². The van der Waals surface area contributed by atoms with Crippen molar-refractivity contribution < 1.29 is 4.79 Å². The number of fused-ring (bicyclic) bond motifs is 1. The fourth-order valence-electron chi connectivity index (χ4n) is 4.05. The van der Waals surface area contributed by atoms with Crippen molar-refractivity contribution in [1.29, 1.82) is 0 Å². The third-order valence-corrected chi connectivity index (χ3v) is 5.99. The lowest BCUT2D eigenvalue weighted by molar-refractivity contribution is 0.102. The Bertz CT molecular complexity index is 1320. The minimum atomic E-state index is -0.369. The van der Waals surface area contributed by atoms with Crippen LogP contribution in [0, 0.1) is 0 Å². The molecule has 0 unspecified atom stereocenters. The Labute approximate surface area is 200 Å². The maximum atomic E-state index is 13.1. The summed E-state index contributed by atoms with van der Waals surface area (Å²) in [5.74, 6) is 0.919. The molecule has 176 valence electrons. The van der Waals surface area contributed by atoms with Crippen molar-refractivity contribution in [2.24, 2.45) is 12.8 Å². The molecule has 0 spiro atoms. The number of amides is 1. The Hall–Kier alpha value is -3.70. The Morgan fingerprint density at radius 2 is 1.94 bits per heavy atom. The molecular weight excluding hydrogens is 456 g/mol. The van der Waals surface area contributed by atoms with E-state index < -0.39 is 0 Å². The van der Waals surface area contributed by atoms with Gasteiger partial charge < -0.3 is 21.7 Å². The van der Waals surface area contributed by atoms with Crippen molar-refractivity contribution in [3.05, 3.63) is 53.7 Å². The van der Waals surface area contributed by atoms with E-state index in [2.05, 4.69) is 36.1 Å². The van der Waals surface area contributed by atoms with Gasteiger partial charge in [0, 0.05) is 49.3 Å². The lowest BCUT2D eigenvalue weighted by Gasteiger charge is -2.27. The van der Waals surface area contributed by atoms with Crippen LogP contribution in [0.5, 0.6) is 0 Å². The van der Waals surface area contributed by atoms with E-state index in [-0.39, 0.29) is 28.8 Å². The second-order valence-corrected chi connectivity index (χ2v) is 8.79. The van der Waals surface area contributed by atoms with Gasteiger partial charge in [-0.3, -0.25) is 9.48 Å². The Balaban J connectivity index is 1.49. The van der Waals surface area contributed by atoms with Crippen LogP contribution in [0.25, 0.3) is 5.65 Å². The molecule has 0 aromatic carbocycles. The summed E-state index contributed by atoms with van der Waals surface area (Å²) in [5, 5.41) is 19.0. The number of imidazole rings is 1. The summed E-state index contributed by atoms with van der Waals surface area (Å²) in [5.41, 5.74) is 8.04. The average Bonchev–Trinajstić information content (AvgIpc) is 3.41. The molecule has 0 aliphatic heterocycles. The van der Waals surface area contributed by atoms with E-state index in [1.807, 2.05) is 25.4 Å². The van der Waals surface area contributed by atoms with E-state index in [1.54, 1.807) is 16.8 Å². The van der Waals surface area contributed by atoms with Crippen molar-refractivity contribution in [2.75, 3.05) is 16.0 Å². The zero-order chi connectivity index (χ0) is 23.7. The predicted molar refractivity (Wildman–Crippen MR) is 131 cm³/mol. The molecule has 5 rings (SSSR count). The van der Waals surface area contributed by atoms with E-state index in [1.165, 1.54) is 16.9 Å². The number of aromatic nitrogens is 6. The summed E-state index contributed by atoms with van der Waals surface area (Å²) >= 11 is 5.95. The van der Waals surface area contributed by atoms with Gasteiger partial charge in [0.05, 0.1) is 11.9 Å². The number of pyridine rings is 1. The van der Waals surface area contributed by atoms with Gasteiger partial charge in [0.1, 0.15) is 11.0 Å². The van der Waals surface area contributed by atoms with Crippen LogP contribution in [-0.4, -0.2) is 47.4 Å². The second-order valence-electron chi connectivity index (χ2n) is 8.40. The fourth-order valence-corrected chi connectivity index (χ4v) is 4.23. The number of carbonyl (C=O) groups excluding carboxylic acids is 1. The van der Waals surface area contributed by atoms with Gasteiger partial charge in [-0.05, 0) is 37.8 Å². The van der Waals surface area contributed by atoms with Gasteiger partial charge in [0.25, 0.3) is 5.91 Å². The topological polar surface area (TPSA) is 140 Å². The lowest BCUT2D eigenvalue weighted by Crippen LogP contribution is -2.33. The molecule has 12 heteroatoms. The van der Waals surface area contributed by atoms with Gasteiger partial charge in [-0.15, -0.1) is 5.10 Å². The smallest absolute Gasteiger partial charge is 0.276 e. The Morgan fingerprint density at radius 1 is 1.12 bits per heavy atom. The number of nitrogens with two attached hydrogens (primary N) is 1. The zero-order valence-electron chi connectivity index (χ0n) is 18.6. The summed E-state index contributed by atoms with van der Waals surface area (Å²) in [6.07, 6.45) is 8.72. The zero-order valence-corrected chi connectivity index (χ0v) is 19.3. The molecular formula is C22H25ClN10O. The minimum absolute atomic E-state index is 0.250. The Kier molecular flexibility index (Phi) is 6.03. The van der Waals surface area contributed by atoms with Crippen molar-refractivity contribution in [3.63, 3.8) is 0 Å². The average molecular weight is 481 g/mol. The molecule has 0 saturated heterocycles. The first kappa shape index (κ1) is 22.1. The molecule has 11 nitrogen and oxygen atoms in total. The van der Waals surface area contributed by atoms with Crippen LogP contribution in [0.4, 0.5) is 23.0 Å². The highest BCUT2D eigenvalue weighted by Crippen LogP contribution is 2.26. The maximum Gasteiger partial charge on any atom is 0.276 e. The van der Waals surface area contributed by atoms with Gasteiger partial charge in [0.2, 0.25) is 0 Å². The Morgan fingerprint density at radius 3 is 2.68 bits per heavy atom.